The summed E-state index contributed by atoms with van der Waals surface area (Å²) >= 11 is 0. The Kier molecular flexibility index (Phi) is 3.79. The summed E-state index contributed by atoms with van der Waals surface area (Å²) in [6, 6.07) is 10.3. The van der Waals surface area contributed by atoms with Crippen LogP contribution in [-0.2, 0) is 6.42 Å². The van der Waals surface area contributed by atoms with Crippen LogP contribution in [0.5, 0.6) is 0 Å². The maximum absolute atomic E-state index is 5.56. The molecule has 0 bridgehead atoms. The molecule has 0 aliphatic heterocycles. The number of aryl methyl sites for hydroxylation is 2. The highest BCUT2D eigenvalue weighted by Crippen LogP contribution is 2.19. The minimum atomic E-state index is 0.594. The number of benzene rings is 1. The molecule has 0 saturated carbocycles. The van der Waals surface area contributed by atoms with Gasteiger partial charge in [-0.1, -0.05) is 12.1 Å². The molecule has 6 heteroatoms. The van der Waals surface area contributed by atoms with E-state index in [0.29, 0.717) is 12.3 Å². The van der Waals surface area contributed by atoms with Gasteiger partial charge in [0.25, 0.3) is 5.78 Å². The second-order valence-electron chi connectivity index (χ2n) is 4.97. The van der Waals surface area contributed by atoms with Crippen LogP contribution in [0.25, 0.3) is 5.78 Å². The fourth-order valence-corrected chi connectivity index (χ4v) is 2.28. The van der Waals surface area contributed by atoms with Crippen LogP contribution in [0.3, 0.4) is 0 Å². The SMILES string of the molecule is Cc1cc(Nc2cccc(CCCN)c2)n2ncnc2n1. The molecular formula is C15H18N6. The molecule has 0 aliphatic rings. The third-order valence-electron chi connectivity index (χ3n) is 3.25. The fourth-order valence-electron chi connectivity index (χ4n) is 2.28. The van der Waals surface area contributed by atoms with Gasteiger partial charge in [0.05, 0.1) is 0 Å². The van der Waals surface area contributed by atoms with E-state index >= 15 is 0 Å². The van der Waals surface area contributed by atoms with Gasteiger partial charge in [0.2, 0.25) is 0 Å². The van der Waals surface area contributed by atoms with Crippen LogP contribution >= 0.6 is 0 Å². The lowest BCUT2D eigenvalue weighted by Gasteiger charge is -2.10. The standard InChI is InChI=1S/C15H18N6/c1-11-8-14(21-15(19-11)17-10-18-21)20-13-6-2-4-12(9-13)5-3-7-16/h2,4,6,8-10,20H,3,5,7,16H2,1H3. The Labute approximate surface area is 123 Å². The molecule has 0 radical (unpaired) electrons. The number of rotatable bonds is 5. The molecule has 0 saturated heterocycles. The van der Waals surface area contributed by atoms with Gasteiger partial charge in [-0.2, -0.15) is 14.6 Å². The summed E-state index contributed by atoms with van der Waals surface area (Å²) < 4.78 is 1.69. The molecule has 3 aromatic rings. The van der Waals surface area contributed by atoms with Gasteiger partial charge in [0.15, 0.2) is 0 Å². The molecule has 0 amide bonds. The maximum atomic E-state index is 5.56. The minimum Gasteiger partial charge on any atom is -0.340 e. The second kappa shape index (κ2) is 5.88. The van der Waals surface area contributed by atoms with Crippen molar-refractivity contribution in [1.82, 2.24) is 19.6 Å². The summed E-state index contributed by atoms with van der Waals surface area (Å²) in [5, 5.41) is 7.57. The van der Waals surface area contributed by atoms with Crippen molar-refractivity contribution in [3.8, 4) is 0 Å². The summed E-state index contributed by atoms with van der Waals surface area (Å²) in [5.74, 6) is 1.45. The minimum absolute atomic E-state index is 0.594. The van der Waals surface area contributed by atoms with Crippen LogP contribution in [0.4, 0.5) is 11.5 Å². The van der Waals surface area contributed by atoms with Gasteiger partial charge in [0.1, 0.15) is 12.1 Å². The molecule has 0 spiro atoms. The van der Waals surface area contributed by atoms with Gasteiger partial charge in [-0.25, -0.2) is 4.98 Å². The van der Waals surface area contributed by atoms with Crippen LogP contribution in [0, 0.1) is 6.92 Å². The summed E-state index contributed by atoms with van der Waals surface area (Å²) in [6.45, 7) is 2.65. The summed E-state index contributed by atoms with van der Waals surface area (Å²) in [4.78, 5) is 8.46. The Hall–Kier alpha value is -2.47. The van der Waals surface area contributed by atoms with E-state index in [-0.39, 0.29) is 0 Å². The van der Waals surface area contributed by atoms with Gasteiger partial charge in [-0.05, 0) is 44.0 Å². The highest BCUT2D eigenvalue weighted by atomic mass is 15.3. The average Bonchev–Trinajstić information content (AvgIpc) is 2.94. The molecule has 108 valence electrons. The quantitative estimate of drug-likeness (QED) is 0.748. The number of aromatic nitrogens is 4. The average molecular weight is 282 g/mol. The van der Waals surface area contributed by atoms with Crippen molar-refractivity contribution < 1.29 is 0 Å². The predicted molar refractivity (Wildman–Crippen MR) is 82.6 cm³/mol. The van der Waals surface area contributed by atoms with Crippen LogP contribution in [0.15, 0.2) is 36.7 Å². The largest absolute Gasteiger partial charge is 0.340 e. The zero-order chi connectivity index (χ0) is 14.7. The molecule has 1 aromatic carbocycles. The molecule has 21 heavy (non-hydrogen) atoms. The summed E-state index contributed by atoms with van der Waals surface area (Å²) in [6.07, 6.45) is 3.48. The number of hydrogen-bond donors (Lipinski definition) is 2. The van der Waals surface area contributed by atoms with Crippen molar-refractivity contribution in [3.63, 3.8) is 0 Å². The van der Waals surface area contributed by atoms with E-state index in [2.05, 4.69) is 32.5 Å². The van der Waals surface area contributed by atoms with E-state index < -0.39 is 0 Å². The van der Waals surface area contributed by atoms with E-state index in [9.17, 15) is 0 Å². The molecule has 0 aliphatic carbocycles. The molecule has 3 rings (SSSR count). The Morgan fingerprint density at radius 3 is 3.05 bits per heavy atom. The maximum Gasteiger partial charge on any atom is 0.254 e. The number of anilines is 2. The normalized spacial score (nSPS) is 11.0. The zero-order valence-electron chi connectivity index (χ0n) is 12.0. The Bertz CT molecular complexity index is 749. The highest BCUT2D eigenvalue weighted by Gasteiger charge is 2.06. The third-order valence-corrected chi connectivity index (χ3v) is 3.25. The fraction of sp³-hybridized carbons (Fsp3) is 0.267. The van der Waals surface area contributed by atoms with Gasteiger partial charge in [-0.3, -0.25) is 0 Å². The van der Waals surface area contributed by atoms with Crippen molar-refractivity contribution in [3.05, 3.63) is 47.9 Å². The number of nitrogens with one attached hydrogen (secondary N) is 1. The smallest absolute Gasteiger partial charge is 0.254 e. The number of fused-ring (bicyclic) bond motifs is 1. The zero-order valence-corrected chi connectivity index (χ0v) is 12.0. The first kappa shape index (κ1) is 13.5. The van der Waals surface area contributed by atoms with E-state index in [1.807, 2.05) is 25.1 Å². The predicted octanol–water partition coefficient (Wildman–Crippen LogP) is 2.07. The monoisotopic (exact) mass is 282 g/mol. The molecular weight excluding hydrogens is 264 g/mol. The van der Waals surface area contributed by atoms with Gasteiger partial charge >= 0.3 is 0 Å². The Balaban J connectivity index is 1.89. The van der Waals surface area contributed by atoms with Crippen molar-refractivity contribution in [2.24, 2.45) is 5.73 Å². The van der Waals surface area contributed by atoms with Crippen molar-refractivity contribution >= 4 is 17.3 Å². The lowest BCUT2D eigenvalue weighted by atomic mass is 10.1. The van der Waals surface area contributed by atoms with Gasteiger partial charge in [0, 0.05) is 17.4 Å². The van der Waals surface area contributed by atoms with E-state index in [4.69, 9.17) is 5.73 Å². The Morgan fingerprint density at radius 1 is 1.29 bits per heavy atom. The molecule has 3 N–H and O–H groups in total. The molecule has 0 fully saturated rings. The van der Waals surface area contributed by atoms with E-state index in [1.54, 1.807) is 4.52 Å². The highest BCUT2D eigenvalue weighted by molar-refractivity contribution is 5.59. The number of nitrogens with zero attached hydrogens (tertiary/aromatic N) is 4. The second-order valence-corrected chi connectivity index (χ2v) is 4.97. The van der Waals surface area contributed by atoms with Gasteiger partial charge < -0.3 is 11.1 Å². The molecule has 2 aromatic heterocycles. The van der Waals surface area contributed by atoms with Crippen molar-refractivity contribution in [2.45, 2.75) is 19.8 Å². The van der Waals surface area contributed by atoms with Crippen molar-refractivity contribution in [2.75, 3.05) is 11.9 Å². The number of nitrogens with two attached hydrogens (primary N) is 1. The first-order valence-electron chi connectivity index (χ1n) is 6.99. The van der Waals surface area contributed by atoms with Crippen LogP contribution in [0.1, 0.15) is 17.7 Å². The van der Waals surface area contributed by atoms with Gasteiger partial charge in [-0.15, -0.1) is 0 Å². The third kappa shape index (κ3) is 3.00. The molecule has 0 atom stereocenters. The summed E-state index contributed by atoms with van der Waals surface area (Å²) in [5.41, 5.74) is 8.75. The molecule has 6 nitrogen and oxygen atoms in total. The van der Waals surface area contributed by atoms with E-state index in [0.717, 1.165) is 30.0 Å². The van der Waals surface area contributed by atoms with Crippen molar-refractivity contribution in [1.29, 1.82) is 0 Å². The lowest BCUT2D eigenvalue weighted by Crippen LogP contribution is -2.03. The summed E-state index contributed by atoms with van der Waals surface area (Å²) in [7, 11) is 0. The molecule has 0 unspecified atom stereocenters. The lowest BCUT2D eigenvalue weighted by molar-refractivity contribution is 0.833. The van der Waals surface area contributed by atoms with Crippen LogP contribution in [0.2, 0.25) is 0 Å². The topological polar surface area (TPSA) is 81.1 Å². The first-order valence-corrected chi connectivity index (χ1v) is 6.99. The molecule has 2 heterocycles. The van der Waals surface area contributed by atoms with Crippen LogP contribution in [-0.4, -0.2) is 26.1 Å². The first-order chi connectivity index (χ1) is 10.3. The van der Waals surface area contributed by atoms with Crippen LogP contribution < -0.4 is 11.1 Å². The van der Waals surface area contributed by atoms with E-state index in [1.165, 1.54) is 11.9 Å². The number of hydrogen-bond acceptors (Lipinski definition) is 5. The Morgan fingerprint density at radius 2 is 2.19 bits per heavy atom.